The summed E-state index contributed by atoms with van der Waals surface area (Å²) >= 11 is 0. The summed E-state index contributed by atoms with van der Waals surface area (Å²) in [6.07, 6.45) is 4.11. The van der Waals surface area contributed by atoms with Crippen molar-refractivity contribution in [2.45, 2.75) is 25.8 Å². The van der Waals surface area contributed by atoms with Gasteiger partial charge in [-0.05, 0) is 13.3 Å². The summed E-state index contributed by atoms with van der Waals surface area (Å²) in [5, 5.41) is 3.91. The van der Waals surface area contributed by atoms with Crippen molar-refractivity contribution in [1.82, 2.24) is 19.7 Å². The third-order valence-corrected chi connectivity index (χ3v) is 2.69. The van der Waals surface area contributed by atoms with Crippen LogP contribution < -0.4 is 5.73 Å². The molecule has 1 unspecified atom stereocenters. The van der Waals surface area contributed by atoms with Crippen molar-refractivity contribution < 1.29 is 4.52 Å². The van der Waals surface area contributed by atoms with Crippen molar-refractivity contribution in [3.63, 3.8) is 0 Å². The third-order valence-electron chi connectivity index (χ3n) is 2.69. The van der Waals surface area contributed by atoms with Crippen LogP contribution in [-0.2, 0) is 12.6 Å². The largest absolute Gasteiger partial charge is 0.337 e. The minimum absolute atomic E-state index is 0.450. The molecule has 0 aliphatic rings. The molecule has 0 saturated carbocycles. The minimum atomic E-state index is -0.580. The Bertz CT molecular complexity index is 485. The molecule has 0 saturated heterocycles. The van der Waals surface area contributed by atoms with E-state index in [1.165, 1.54) is 0 Å². The second-order valence-electron chi connectivity index (χ2n) is 4.08. The summed E-state index contributed by atoms with van der Waals surface area (Å²) in [5.74, 6) is 0.964. The molecule has 0 aliphatic heterocycles. The lowest BCUT2D eigenvalue weighted by molar-refractivity contribution is 0.291. The number of imidazole rings is 1. The molecule has 0 aliphatic carbocycles. The number of hydrogen-bond donors (Lipinski definition) is 1. The molecular weight excluding hydrogens is 206 g/mol. The molecule has 2 rings (SSSR count). The Balaban J connectivity index is 2.37. The first-order valence-electron chi connectivity index (χ1n) is 5.14. The van der Waals surface area contributed by atoms with Gasteiger partial charge in [0.05, 0.1) is 18.1 Å². The van der Waals surface area contributed by atoms with Crippen LogP contribution in [0.5, 0.6) is 0 Å². The maximum atomic E-state index is 6.02. The predicted molar refractivity (Wildman–Crippen MR) is 58.3 cm³/mol. The van der Waals surface area contributed by atoms with Gasteiger partial charge in [-0.3, -0.25) is 0 Å². The third kappa shape index (κ3) is 1.71. The SMILES string of the molecule is CCC(C)(N)c1nc(-c2cncn2C)no1. The Morgan fingerprint density at radius 3 is 2.88 bits per heavy atom. The molecule has 2 aromatic heterocycles. The van der Waals surface area contributed by atoms with Gasteiger partial charge in [0, 0.05) is 7.05 Å². The van der Waals surface area contributed by atoms with Crippen molar-refractivity contribution in [3.8, 4) is 11.5 Å². The number of aryl methyl sites for hydroxylation is 1. The van der Waals surface area contributed by atoms with Crippen LogP contribution >= 0.6 is 0 Å². The first-order chi connectivity index (χ1) is 7.54. The van der Waals surface area contributed by atoms with Crippen molar-refractivity contribution in [2.75, 3.05) is 0 Å². The van der Waals surface area contributed by atoms with Gasteiger partial charge in [-0.2, -0.15) is 4.98 Å². The van der Waals surface area contributed by atoms with Gasteiger partial charge in [0.1, 0.15) is 5.69 Å². The van der Waals surface area contributed by atoms with Crippen molar-refractivity contribution in [1.29, 1.82) is 0 Å². The molecule has 16 heavy (non-hydrogen) atoms. The molecule has 0 amide bonds. The quantitative estimate of drug-likeness (QED) is 0.837. The van der Waals surface area contributed by atoms with E-state index in [4.69, 9.17) is 10.3 Å². The predicted octanol–water partition coefficient (Wildman–Crippen LogP) is 1.05. The zero-order valence-corrected chi connectivity index (χ0v) is 9.64. The van der Waals surface area contributed by atoms with Gasteiger partial charge in [0.25, 0.3) is 0 Å². The molecular formula is C10H15N5O. The minimum Gasteiger partial charge on any atom is -0.337 e. The maximum absolute atomic E-state index is 6.02. The molecule has 0 spiro atoms. The van der Waals surface area contributed by atoms with Gasteiger partial charge >= 0.3 is 0 Å². The molecule has 0 radical (unpaired) electrons. The summed E-state index contributed by atoms with van der Waals surface area (Å²) in [5.41, 5.74) is 6.25. The van der Waals surface area contributed by atoms with Crippen LogP contribution in [-0.4, -0.2) is 19.7 Å². The Morgan fingerprint density at radius 2 is 2.31 bits per heavy atom. The van der Waals surface area contributed by atoms with Crippen molar-refractivity contribution in [2.24, 2.45) is 12.8 Å². The molecule has 2 heterocycles. The highest BCUT2D eigenvalue weighted by molar-refractivity contribution is 5.47. The van der Waals surface area contributed by atoms with E-state index in [1.54, 1.807) is 12.5 Å². The van der Waals surface area contributed by atoms with Gasteiger partial charge in [-0.15, -0.1) is 0 Å². The molecule has 0 fully saturated rings. The lowest BCUT2D eigenvalue weighted by Crippen LogP contribution is -2.32. The van der Waals surface area contributed by atoms with Crippen molar-refractivity contribution in [3.05, 3.63) is 18.4 Å². The molecule has 6 nitrogen and oxygen atoms in total. The van der Waals surface area contributed by atoms with Crippen LogP contribution in [0.25, 0.3) is 11.5 Å². The van der Waals surface area contributed by atoms with E-state index >= 15 is 0 Å². The van der Waals surface area contributed by atoms with Gasteiger partial charge in [0.15, 0.2) is 0 Å². The topological polar surface area (TPSA) is 82.8 Å². The highest BCUT2D eigenvalue weighted by Crippen LogP contribution is 2.22. The van der Waals surface area contributed by atoms with Crippen molar-refractivity contribution >= 4 is 0 Å². The summed E-state index contributed by atoms with van der Waals surface area (Å²) in [4.78, 5) is 8.29. The monoisotopic (exact) mass is 221 g/mol. The van der Waals surface area contributed by atoms with E-state index in [0.717, 1.165) is 12.1 Å². The average molecular weight is 221 g/mol. The second-order valence-corrected chi connectivity index (χ2v) is 4.08. The zero-order valence-electron chi connectivity index (χ0n) is 9.64. The van der Waals surface area contributed by atoms with E-state index in [0.29, 0.717) is 11.7 Å². The Morgan fingerprint density at radius 1 is 1.56 bits per heavy atom. The van der Waals surface area contributed by atoms with Gasteiger partial charge < -0.3 is 14.8 Å². The highest BCUT2D eigenvalue weighted by atomic mass is 16.5. The average Bonchev–Trinajstić information content (AvgIpc) is 2.85. The molecule has 1 atom stereocenters. The van der Waals surface area contributed by atoms with Gasteiger partial charge in [-0.1, -0.05) is 12.1 Å². The number of rotatable bonds is 3. The number of aromatic nitrogens is 4. The summed E-state index contributed by atoms with van der Waals surface area (Å²) in [6, 6.07) is 0. The number of nitrogens with zero attached hydrogens (tertiary/aromatic N) is 4. The first kappa shape index (κ1) is 10.8. The highest BCUT2D eigenvalue weighted by Gasteiger charge is 2.26. The lowest BCUT2D eigenvalue weighted by Gasteiger charge is -2.16. The molecule has 6 heteroatoms. The number of hydrogen-bond acceptors (Lipinski definition) is 5. The first-order valence-corrected chi connectivity index (χ1v) is 5.14. The normalized spacial score (nSPS) is 15.0. The summed E-state index contributed by atoms with van der Waals surface area (Å²) in [7, 11) is 1.87. The summed E-state index contributed by atoms with van der Waals surface area (Å²) < 4.78 is 7.00. The zero-order chi connectivity index (χ0) is 11.8. The van der Waals surface area contributed by atoms with Gasteiger partial charge in [-0.25, -0.2) is 4.98 Å². The second kappa shape index (κ2) is 3.71. The van der Waals surface area contributed by atoms with E-state index in [9.17, 15) is 0 Å². The van der Waals surface area contributed by atoms with Crippen LogP contribution in [0.1, 0.15) is 26.2 Å². The standard InChI is InChI=1S/C10H15N5O/c1-4-10(2,11)9-13-8(14-16-9)7-5-12-6-15(7)3/h5-6H,4,11H2,1-3H3. The fourth-order valence-corrected chi connectivity index (χ4v) is 1.28. The van der Waals surface area contributed by atoms with E-state index in [1.807, 2.05) is 25.5 Å². The smallest absolute Gasteiger partial charge is 0.246 e. The Labute approximate surface area is 93.5 Å². The fourth-order valence-electron chi connectivity index (χ4n) is 1.28. The fraction of sp³-hybridized carbons (Fsp3) is 0.500. The summed E-state index contributed by atoms with van der Waals surface area (Å²) in [6.45, 7) is 3.85. The van der Waals surface area contributed by atoms with Crippen LogP contribution in [0.3, 0.4) is 0 Å². The number of nitrogens with two attached hydrogens (primary N) is 1. The molecule has 2 aromatic rings. The van der Waals surface area contributed by atoms with E-state index < -0.39 is 5.54 Å². The van der Waals surface area contributed by atoms with Crippen LogP contribution in [0.4, 0.5) is 0 Å². The maximum Gasteiger partial charge on any atom is 0.246 e. The molecule has 0 bridgehead atoms. The molecule has 86 valence electrons. The van der Waals surface area contributed by atoms with Crippen LogP contribution in [0.15, 0.2) is 17.0 Å². The molecule has 0 aromatic carbocycles. The van der Waals surface area contributed by atoms with Gasteiger partial charge in [0.2, 0.25) is 11.7 Å². The van der Waals surface area contributed by atoms with Crippen LogP contribution in [0.2, 0.25) is 0 Å². The van der Waals surface area contributed by atoms with E-state index in [-0.39, 0.29) is 0 Å². The molecule has 2 N–H and O–H groups in total. The van der Waals surface area contributed by atoms with E-state index in [2.05, 4.69) is 15.1 Å². The van der Waals surface area contributed by atoms with Crippen LogP contribution in [0, 0.1) is 0 Å². The Hall–Kier alpha value is -1.69. The lowest BCUT2D eigenvalue weighted by atomic mass is 10.0. The Kier molecular flexibility index (Phi) is 2.51.